The number of benzene rings is 11. The summed E-state index contributed by atoms with van der Waals surface area (Å²) in [7, 11) is 0. The fraction of sp³-hybridized carbons (Fsp3) is 0. The summed E-state index contributed by atoms with van der Waals surface area (Å²) >= 11 is 0. The van der Waals surface area contributed by atoms with Crippen molar-refractivity contribution in [1.82, 2.24) is 19.1 Å². The van der Waals surface area contributed by atoms with Crippen LogP contribution < -0.4 is 65.8 Å². The third kappa shape index (κ3) is 9.23. The van der Waals surface area contributed by atoms with Crippen molar-refractivity contribution in [2.75, 3.05) is 0 Å². The molecule has 4 aromatic heterocycles. The average Bonchev–Trinajstić information content (AvgIpc) is 1.85. The van der Waals surface area contributed by atoms with Crippen molar-refractivity contribution in [2.45, 2.75) is 0 Å². The number of rotatable bonds is 14. The van der Waals surface area contributed by atoms with Crippen LogP contribution in [0.1, 0.15) is 0 Å². The van der Waals surface area contributed by atoms with Crippen molar-refractivity contribution in [3.63, 3.8) is 0 Å². The van der Waals surface area contributed by atoms with E-state index in [1.54, 1.807) is 0 Å². The van der Waals surface area contributed by atoms with Crippen molar-refractivity contribution in [3.8, 4) is 11.6 Å². The summed E-state index contributed by atoms with van der Waals surface area (Å²) in [4.78, 5) is 11.7. The van der Waals surface area contributed by atoms with Gasteiger partial charge in [-0.05, 0) is 36.4 Å². The molecule has 0 unspecified atom stereocenters. The Morgan fingerprint density at radius 2 is 0.464 bits per heavy atom. The van der Waals surface area contributed by atoms with E-state index >= 15 is 0 Å². The van der Waals surface area contributed by atoms with Gasteiger partial charge >= 0.3 is 0 Å². The lowest BCUT2D eigenvalue weighted by Crippen LogP contribution is -2.53. The number of pyridine rings is 2. The Morgan fingerprint density at radius 1 is 0.202 bits per heavy atom. The van der Waals surface area contributed by atoms with Gasteiger partial charge in [-0.15, -0.1) is 0 Å². The minimum absolute atomic E-state index is 0.000882. The van der Waals surface area contributed by atoms with E-state index in [4.69, 9.17) is 9.97 Å². The van der Waals surface area contributed by atoms with Crippen LogP contribution in [-0.2, 0) is 0 Å². The standard InChI is InChI=1S/C76H54B4N4/c1-9-27-55(28-10-1)77(56-29-11-2-12-30-56)63-47-51-69-67(53-63)65-49-50-66-68-54-64(78(57-31-13-3-14-32-57)58-33-15-4-16-34-58)48-52-70(68)84(74-46-26-44-72(82-74)80(61-39-21-7-22-40-61)62-41-23-8-24-42-62)76(66)75(65)83(69)73-45-25-43-71(81-73)79(59-35-17-5-18-36-59)60-37-19-6-20-38-60/h1-54H. The number of hydrogen-bond acceptors (Lipinski definition) is 2. The summed E-state index contributed by atoms with van der Waals surface area (Å²) in [5.74, 6) is 1.68. The van der Waals surface area contributed by atoms with Crippen LogP contribution >= 0.6 is 0 Å². The minimum atomic E-state index is -0.106. The Labute approximate surface area is 491 Å². The van der Waals surface area contributed by atoms with Crippen LogP contribution in [0.5, 0.6) is 0 Å². The molecule has 0 atom stereocenters. The van der Waals surface area contributed by atoms with Gasteiger partial charge in [-0.2, -0.15) is 0 Å². The Balaban J connectivity index is 1.05. The molecule has 0 N–H and O–H groups in total. The second-order valence-corrected chi connectivity index (χ2v) is 21.9. The number of aromatic nitrogens is 4. The van der Waals surface area contributed by atoms with E-state index in [0.717, 1.165) is 66.4 Å². The molecular weight excluding hydrogens is 1010 g/mol. The fourth-order valence-corrected chi connectivity index (χ4v) is 13.3. The topological polar surface area (TPSA) is 35.6 Å². The SMILES string of the molecule is c1ccc(B(c2ccccc2)c2ccc3c(c2)c2ccc4c5cc(B(c6ccccc6)c6ccccc6)ccc5n(-c5cccc(B(c6ccccc6)c6ccccc6)n5)c4c2n3-c2cccc(B(c3ccccc3)c3ccccc3)n2)cc1. The van der Waals surface area contributed by atoms with Gasteiger partial charge in [0.25, 0.3) is 13.4 Å². The van der Waals surface area contributed by atoms with E-state index < -0.39 is 0 Å². The van der Waals surface area contributed by atoms with Crippen LogP contribution in [0.25, 0.3) is 55.2 Å². The zero-order valence-corrected chi connectivity index (χ0v) is 46.3. The van der Waals surface area contributed by atoms with Crippen molar-refractivity contribution in [2.24, 2.45) is 0 Å². The first kappa shape index (κ1) is 50.5. The number of nitrogens with zero attached hydrogens (tertiary/aromatic N) is 4. The average molecular weight is 1070 g/mol. The van der Waals surface area contributed by atoms with Crippen LogP contribution in [0.2, 0.25) is 0 Å². The quantitative estimate of drug-likeness (QED) is 0.102. The van der Waals surface area contributed by atoms with E-state index in [-0.39, 0.29) is 26.9 Å². The molecule has 15 aromatic rings. The van der Waals surface area contributed by atoms with Crippen LogP contribution in [0, 0.1) is 0 Å². The van der Waals surface area contributed by atoms with Crippen molar-refractivity contribution >= 4 is 136 Å². The van der Waals surface area contributed by atoms with Crippen LogP contribution in [-0.4, -0.2) is 46.0 Å². The number of fused-ring (bicyclic) bond motifs is 7. The first-order valence-corrected chi connectivity index (χ1v) is 29.1. The molecule has 15 rings (SSSR count). The Bertz CT molecular complexity index is 4310. The molecule has 0 amide bonds. The largest absolute Gasteiger partial charge is 0.292 e. The Morgan fingerprint density at radius 3 is 0.738 bits per heavy atom. The molecule has 0 aliphatic carbocycles. The summed E-state index contributed by atoms with van der Waals surface area (Å²) in [6, 6.07) is 119. The molecular formula is C76H54B4N4. The van der Waals surface area contributed by atoms with E-state index in [1.165, 1.54) is 54.6 Å². The highest BCUT2D eigenvalue weighted by Crippen LogP contribution is 2.41. The maximum Gasteiger partial charge on any atom is 0.265 e. The molecule has 0 aliphatic rings. The van der Waals surface area contributed by atoms with Gasteiger partial charge in [0.05, 0.1) is 22.1 Å². The van der Waals surface area contributed by atoms with E-state index in [0.29, 0.717) is 0 Å². The highest BCUT2D eigenvalue weighted by molar-refractivity contribution is 6.97. The Hall–Kier alpha value is -10.4. The van der Waals surface area contributed by atoms with E-state index in [9.17, 15) is 0 Å². The predicted octanol–water partition coefficient (Wildman–Crippen LogP) is 8.74. The zero-order valence-electron chi connectivity index (χ0n) is 46.3. The summed E-state index contributed by atoms with van der Waals surface area (Å²) in [5, 5.41) is 4.56. The van der Waals surface area contributed by atoms with E-state index in [2.05, 4.69) is 337 Å². The molecule has 0 radical (unpaired) electrons. The highest BCUT2D eigenvalue weighted by atomic mass is 15.1. The third-order valence-corrected chi connectivity index (χ3v) is 17.0. The molecule has 0 fully saturated rings. The molecule has 390 valence electrons. The lowest BCUT2D eigenvalue weighted by molar-refractivity contribution is 1.07. The van der Waals surface area contributed by atoms with Gasteiger partial charge in [-0.25, -0.2) is 9.97 Å². The summed E-state index contributed by atoms with van der Waals surface area (Å²) in [6.07, 6.45) is 0. The first-order chi connectivity index (χ1) is 41.7. The molecule has 0 aliphatic heterocycles. The maximum absolute atomic E-state index is 5.83. The molecule has 0 saturated heterocycles. The fourth-order valence-electron chi connectivity index (χ4n) is 13.3. The lowest BCUT2D eigenvalue weighted by atomic mass is 9.37. The summed E-state index contributed by atoms with van der Waals surface area (Å²) < 4.78 is 4.89. The molecule has 4 nitrogen and oxygen atoms in total. The molecule has 84 heavy (non-hydrogen) atoms. The van der Waals surface area contributed by atoms with Crippen molar-refractivity contribution in [1.29, 1.82) is 0 Å². The third-order valence-electron chi connectivity index (χ3n) is 17.0. The smallest absolute Gasteiger partial charge is 0.265 e. The monoisotopic (exact) mass is 1070 g/mol. The van der Waals surface area contributed by atoms with Gasteiger partial charge < -0.3 is 0 Å². The van der Waals surface area contributed by atoms with Gasteiger partial charge in [-0.3, -0.25) is 9.13 Å². The normalized spacial score (nSPS) is 11.3. The molecule has 0 spiro atoms. The maximum atomic E-state index is 5.83. The van der Waals surface area contributed by atoms with Crippen LogP contribution in [0.4, 0.5) is 0 Å². The van der Waals surface area contributed by atoms with Gasteiger partial charge in [0.15, 0.2) is 0 Å². The predicted molar refractivity (Wildman–Crippen MR) is 361 cm³/mol. The number of hydrogen-bond donors (Lipinski definition) is 0. The lowest BCUT2D eigenvalue weighted by Gasteiger charge is -2.18. The minimum Gasteiger partial charge on any atom is -0.292 e. The van der Waals surface area contributed by atoms with Crippen molar-refractivity contribution in [3.05, 3.63) is 328 Å². The van der Waals surface area contributed by atoms with E-state index in [1.807, 2.05) is 0 Å². The summed E-state index contributed by atoms with van der Waals surface area (Å²) in [6.45, 7) is -0.213. The second kappa shape index (κ2) is 22.1. The van der Waals surface area contributed by atoms with Gasteiger partial charge in [-0.1, -0.05) is 346 Å². The van der Waals surface area contributed by atoms with Gasteiger partial charge in [0.2, 0.25) is 13.4 Å². The summed E-state index contributed by atoms with van der Waals surface area (Å²) in [5.41, 5.74) is 18.4. The van der Waals surface area contributed by atoms with Gasteiger partial charge in [0.1, 0.15) is 11.6 Å². The van der Waals surface area contributed by atoms with Crippen LogP contribution in [0.15, 0.2) is 328 Å². The van der Waals surface area contributed by atoms with Crippen molar-refractivity contribution < 1.29 is 0 Å². The second-order valence-electron chi connectivity index (χ2n) is 21.9. The molecule has 4 heterocycles. The highest BCUT2D eigenvalue weighted by Gasteiger charge is 2.30. The van der Waals surface area contributed by atoms with Gasteiger partial charge in [0, 0.05) is 32.7 Å². The Kier molecular flexibility index (Phi) is 13.3. The van der Waals surface area contributed by atoms with Crippen LogP contribution in [0.3, 0.4) is 0 Å². The molecule has 0 saturated carbocycles. The molecule has 0 bridgehead atoms. The molecule has 8 heteroatoms. The molecule has 11 aromatic carbocycles. The zero-order chi connectivity index (χ0) is 55.8. The first-order valence-electron chi connectivity index (χ1n) is 29.1.